The number of para-hydroxylation sites is 1. The summed E-state index contributed by atoms with van der Waals surface area (Å²) in [6.45, 7) is 6.22. The Hall–Kier alpha value is -2.61. The first-order valence-corrected chi connectivity index (χ1v) is 7.26. The minimum Gasteiger partial charge on any atom is -0.354 e. The van der Waals surface area contributed by atoms with Crippen molar-refractivity contribution in [1.82, 2.24) is 9.97 Å². The lowest BCUT2D eigenvalue weighted by Crippen LogP contribution is -1.91. The number of benzene rings is 2. The van der Waals surface area contributed by atoms with Gasteiger partial charge in [-0.25, -0.2) is 0 Å². The van der Waals surface area contributed by atoms with Crippen molar-refractivity contribution < 1.29 is 0 Å². The molecule has 2 heterocycles. The fraction of sp³-hybridized carbons (Fsp3) is 0.105. The van der Waals surface area contributed by atoms with Crippen LogP contribution in [0.3, 0.4) is 0 Å². The van der Waals surface area contributed by atoms with Gasteiger partial charge in [-0.3, -0.25) is 4.98 Å². The number of hydrogen-bond donors (Lipinski definition) is 1. The second kappa shape index (κ2) is 4.45. The van der Waals surface area contributed by atoms with Crippen LogP contribution in [0.2, 0.25) is 0 Å². The molecule has 0 fully saturated rings. The van der Waals surface area contributed by atoms with Gasteiger partial charge in [0, 0.05) is 39.6 Å². The smallest absolute Gasteiger partial charge is 0.0547 e. The molecule has 1 N–H and O–H groups in total. The standard InChI is InChI=1S/C19H16N2/c1-3-12-16-11-20-10-9-14(16)13(4-2)19-18(12)15-7-5-6-8-17(15)21-19/h4-11,21H,2-3H2,1H3. The molecule has 0 radical (unpaired) electrons. The molecule has 0 saturated carbocycles. The molecule has 4 aromatic rings. The van der Waals surface area contributed by atoms with Crippen molar-refractivity contribution >= 4 is 38.7 Å². The van der Waals surface area contributed by atoms with Crippen LogP contribution in [0.4, 0.5) is 0 Å². The first kappa shape index (κ1) is 12.2. The van der Waals surface area contributed by atoms with Crippen LogP contribution in [-0.2, 0) is 6.42 Å². The highest BCUT2D eigenvalue weighted by Crippen LogP contribution is 2.37. The lowest BCUT2D eigenvalue weighted by molar-refractivity contribution is 1.17. The molecule has 21 heavy (non-hydrogen) atoms. The van der Waals surface area contributed by atoms with E-state index in [1.165, 1.54) is 38.1 Å². The largest absolute Gasteiger partial charge is 0.354 e. The van der Waals surface area contributed by atoms with Gasteiger partial charge in [-0.2, -0.15) is 0 Å². The van der Waals surface area contributed by atoms with E-state index in [-0.39, 0.29) is 0 Å². The zero-order valence-electron chi connectivity index (χ0n) is 12.0. The van der Waals surface area contributed by atoms with Crippen molar-refractivity contribution in [2.45, 2.75) is 13.3 Å². The van der Waals surface area contributed by atoms with E-state index in [2.05, 4.69) is 53.8 Å². The molecule has 2 heteroatoms. The first-order valence-electron chi connectivity index (χ1n) is 7.26. The molecule has 2 nitrogen and oxygen atoms in total. The number of nitrogens with one attached hydrogen (secondary N) is 1. The summed E-state index contributed by atoms with van der Waals surface area (Å²) in [6.07, 6.45) is 6.75. The minimum atomic E-state index is 0.984. The molecular formula is C19H16N2. The number of H-pyrrole nitrogens is 1. The summed E-state index contributed by atoms with van der Waals surface area (Å²) < 4.78 is 0. The number of nitrogens with zero attached hydrogens (tertiary/aromatic N) is 1. The van der Waals surface area contributed by atoms with Gasteiger partial charge in [-0.05, 0) is 29.5 Å². The summed E-state index contributed by atoms with van der Waals surface area (Å²) >= 11 is 0. The fourth-order valence-corrected chi connectivity index (χ4v) is 3.38. The lowest BCUT2D eigenvalue weighted by atomic mass is 9.94. The summed E-state index contributed by atoms with van der Waals surface area (Å²) in [5, 5.41) is 5.03. The summed E-state index contributed by atoms with van der Waals surface area (Å²) in [6, 6.07) is 10.6. The van der Waals surface area contributed by atoms with Crippen molar-refractivity contribution in [3.8, 4) is 0 Å². The molecule has 0 amide bonds. The van der Waals surface area contributed by atoms with Crippen molar-refractivity contribution in [2.75, 3.05) is 0 Å². The third-order valence-electron chi connectivity index (χ3n) is 4.27. The van der Waals surface area contributed by atoms with Crippen LogP contribution in [0, 0.1) is 0 Å². The van der Waals surface area contributed by atoms with Gasteiger partial charge in [0.2, 0.25) is 0 Å². The maximum absolute atomic E-state index is 4.32. The van der Waals surface area contributed by atoms with Gasteiger partial charge >= 0.3 is 0 Å². The molecule has 0 saturated heterocycles. The van der Waals surface area contributed by atoms with Crippen molar-refractivity contribution in [3.63, 3.8) is 0 Å². The maximum atomic E-state index is 4.32. The number of fused-ring (bicyclic) bond motifs is 4. The fourth-order valence-electron chi connectivity index (χ4n) is 3.38. The second-order valence-electron chi connectivity index (χ2n) is 5.29. The van der Waals surface area contributed by atoms with E-state index in [0.29, 0.717) is 0 Å². The first-order chi connectivity index (χ1) is 10.3. The molecule has 0 atom stereocenters. The predicted octanol–water partition coefficient (Wildman–Crippen LogP) is 5.07. The summed E-state index contributed by atoms with van der Waals surface area (Å²) in [5.41, 5.74) is 4.88. The highest BCUT2D eigenvalue weighted by Gasteiger charge is 2.15. The number of aromatic nitrogens is 2. The Morgan fingerprint density at radius 3 is 2.81 bits per heavy atom. The topological polar surface area (TPSA) is 28.7 Å². The van der Waals surface area contributed by atoms with Crippen LogP contribution in [0.5, 0.6) is 0 Å². The quantitative estimate of drug-likeness (QED) is 0.542. The Balaban J connectivity index is 2.39. The molecule has 102 valence electrons. The highest BCUT2D eigenvalue weighted by molar-refractivity contribution is 6.18. The molecule has 0 aliphatic heterocycles. The second-order valence-corrected chi connectivity index (χ2v) is 5.29. The van der Waals surface area contributed by atoms with Gasteiger partial charge in [-0.1, -0.05) is 37.8 Å². The van der Waals surface area contributed by atoms with E-state index < -0.39 is 0 Å². The lowest BCUT2D eigenvalue weighted by Gasteiger charge is -2.10. The van der Waals surface area contributed by atoms with Gasteiger partial charge in [-0.15, -0.1) is 0 Å². The van der Waals surface area contributed by atoms with E-state index in [1.807, 2.05) is 18.5 Å². The van der Waals surface area contributed by atoms with Gasteiger partial charge in [0.05, 0.1) is 5.52 Å². The number of rotatable bonds is 2. The summed E-state index contributed by atoms with van der Waals surface area (Å²) in [7, 11) is 0. The van der Waals surface area contributed by atoms with Crippen LogP contribution in [0.1, 0.15) is 18.1 Å². The number of pyridine rings is 1. The third kappa shape index (κ3) is 1.56. The predicted molar refractivity (Wildman–Crippen MR) is 90.6 cm³/mol. The van der Waals surface area contributed by atoms with Crippen LogP contribution in [-0.4, -0.2) is 9.97 Å². The zero-order chi connectivity index (χ0) is 14.4. The van der Waals surface area contributed by atoms with Crippen molar-refractivity contribution in [1.29, 1.82) is 0 Å². The van der Waals surface area contributed by atoms with Crippen LogP contribution >= 0.6 is 0 Å². The summed E-state index contributed by atoms with van der Waals surface area (Å²) in [5.74, 6) is 0. The Morgan fingerprint density at radius 1 is 1.14 bits per heavy atom. The molecule has 0 bridgehead atoms. The normalized spacial score (nSPS) is 11.5. The zero-order valence-corrected chi connectivity index (χ0v) is 12.0. The van der Waals surface area contributed by atoms with Gasteiger partial charge in [0.1, 0.15) is 0 Å². The average Bonchev–Trinajstić information content (AvgIpc) is 2.91. The van der Waals surface area contributed by atoms with Crippen molar-refractivity contribution in [3.05, 3.63) is 60.4 Å². The molecule has 2 aromatic carbocycles. The van der Waals surface area contributed by atoms with E-state index in [9.17, 15) is 0 Å². The van der Waals surface area contributed by atoms with E-state index in [0.717, 1.165) is 12.0 Å². The van der Waals surface area contributed by atoms with Gasteiger partial charge in [0.15, 0.2) is 0 Å². The van der Waals surface area contributed by atoms with Gasteiger partial charge in [0.25, 0.3) is 0 Å². The maximum Gasteiger partial charge on any atom is 0.0547 e. The monoisotopic (exact) mass is 272 g/mol. The Kier molecular flexibility index (Phi) is 2.58. The van der Waals surface area contributed by atoms with Crippen LogP contribution < -0.4 is 0 Å². The Labute approximate surface area is 123 Å². The van der Waals surface area contributed by atoms with E-state index >= 15 is 0 Å². The van der Waals surface area contributed by atoms with Crippen LogP contribution in [0.15, 0.2) is 49.3 Å². The molecule has 4 rings (SSSR count). The molecule has 2 aromatic heterocycles. The van der Waals surface area contributed by atoms with Crippen LogP contribution in [0.25, 0.3) is 38.7 Å². The van der Waals surface area contributed by atoms with Crippen molar-refractivity contribution in [2.24, 2.45) is 0 Å². The molecule has 0 aliphatic rings. The SMILES string of the molecule is C=Cc1c2ccncc2c(CC)c2c1[nH]c1ccccc12. The Morgan fingerprint density at radius 2 is 2.00 bits per heavy atom. The molecule has 0 aliphatic carbocycles. The number of aromatic amines is 1. The van der Waals surface area contributed by atoms with E-state index in [4.69, 9.17) is 0 Å². The Bertz CT molecular complexity index is 993. The highest BCUT2D eigenvalue weighted by atomic mass is 14.7. The number of aryl methyl sites for hydroxylation is 1. The van der Waals surface area contributed by atoms with E-state index in [1.54, 1.807) is 0 Å². The minimum absolute atomic E-state index is 0.984. The molecule has 0 unspecified atom stereocenters. The van der Waals surface area contributed by atoms with Gasteiger partial charge < -0.3 is 4.98 Å². The third-order valence-corrected chi connectivity index (χ3v) is 4.27. The summed E-state index contributed by atoms with van der Waals surface area (Å²) in [4.78, 5) is 7.90. The molecular weight excluding hydrogens is 256 g/mol. The molecule has 0 spiro atoms. The average molecular weight is 272 g/mol. The number of hydrogen-bond acceptors (Lipinski definition) is 1.